The maximum Gasteiger partial charge on any atom is 0.275 e. The summed E-state index contributed by atoms with van der Waals surface area (Å²) < 4.78 is 33.5. The highest BCUT2D eigenvalue weighted by Gasteiger charge is 2.29. The molecule has 1 aliphatic rings. The lowest BCUT2D eigenvalue weighted by Gasteiger charge is -2.27. The first kappa shape index (κ1) is 22.7. The van der Waals surface area contributed by atoms with Gasteiger partial charge in [0.05, 0.1) is 11.6 Å². The van der Waals surface area contributed by atoms with Gasteiger partial charge >= 0.3 is 0 Å². The van der Waals surface area contributed by atoms with Crippen molar-refractivity contribution in [3.05, 3.63) is 34.3 Å². The number of aromatic nitrogens is 1. The van der Waals surface area contributed by atoms with Gasteiger partial charge in [0, 0.05) is 30.6 Å². The highest BCUT2D eigenvalue weighted by atomic mass is 32.2. The lowest BCUT2D eigenvalue weighted by Crippen LogP contribution is -2.35. The van der Waals surface area contributed by atoms with Crippen LogP contribution in [0.2, 0.25) is 0 Å². The van der Waals surface area contributed by atoms with Gasteiger partial charge in [-0.3, -0.25) is 4.79 Å². The number of hydrogen-bond donors (Lipinski definition) is 1. The van der Waals surface area contributed by atoms with Gasteiger partial charge < -0.3 is 10.1 Å². The Bertz CT molecular complexity index is 980. The fraction of sp³-hybridized carbons (Fsp3) is 0.524. The van der Waals surface area contributed by atoms with Gasteiger partial charge in [0.25, 0.3) is 5.91 Å². The van der Waals surface area contributed by atoms with E-state index < -0.39 is 10.0 Å². The third-order valence-electron chi connectivity index (χ3n) is 4.80. The summed E-state index contributed by atoms with van der Waals surface area (Å²) in [4.78, 5) is 17.1. The topological polar surface area (TPSA) is 88.6 Å². The molecule has 1 N–H and O–H groups in total. The van der Waals surface area contributed by atoms with Crippen molar-refractivity contribution in [1.29, 1.82) is 0 Å². The first-order valence-corrected chi connectivity index (χ1v) is 12.7. The van der Waals surface area contributed by atoms with Crippen molar-refractivity contribution >= 4 is 33.0 Å². The number of amides is 1. The van der Waals surface area contributed by atoms with Crippen molar-refractivity contribution in [3.8, 4) is 5.75 Å². The number of sulfonamides is 1. The molecule has 0 atom stereocenters. The van der Waals surface area contributed by atoms with E-state index in [1.807, 2.05) is 6.92 Å². The molecule has 7 nitrogen and oxygen atoms in total. The summed E-state index contributed by atoms with van der Waals surface area (Å²) in [5, 5.41) is 5.42. The summed E-state index contributed by atoms with van der Waals surface area (Å²) in [6.07, 6.45) is 3.55. The predicted molar refractivity (Wildman–Crippen MR) is 119 cm³/mol. The van der Waals surface area contributed by atoms with Crippen LogP contribution in [-0.2, 0) is 16.4 Å². The normalized spacial score (nSPS) is 15.3. The molecule has 0 aliphatic carbocycles. The Morgan fingerprint density at radius 2 is 2.00 bits per heavy atom. The number of carbonyl (C=O) groups excluding carboxylic acids is 1. The van der Waals surface area contributed by atoms with Gasteiger partial charge in [-0.2, -0.15) is 4.31 Å². The number of benzene rings is 1. The number of nitrogens with one attached hydrogen (secondary N) is 1. The zero-order valence-electron chi connectivity index (χ0n) is 17.7. The van der Waals surface area contributed by atoms with Crippen molar-refractivity contribution in [2.75, 3.05) is 25.0 Å². The summed E-state index contributed by atoms with van der Waals surface area (Å²) >= 11 is 1.46. The number of hydrogen-bond acceptors (Lipinski definition) is 6. The molecule has 1 fully saturated rings. The second-order valence-corrected chi connectivity index (χ2v) is 10.6. The number of nitrogens with zero attached hydrogens (tertiary/aromatic N) is 2. The van der Waals surface area contributed by atoms with Gasteiger partial charge in [-0.1, -0.05) is 20.3 Å². The molecule has 9 heteroatoms. The summed E-state index contributed by atoms with van der Waals surface area (Å²) in [5.74, 6) is 0.404. The Kier molecular flexibility index (Phi) is 7.49. The highest BCUT2D eigenvalue weighted by Crippen LogP contribution is 2.31. The van der Waals surface area contributed by atoms with Crippen molar-refractivity contribution in [2.24, 2.45) is 5.92 Å². The molecule has 3 rings (SSSR count). The molecular weight excluding hydrogens is 422 g/mol. The smallest absolute Gasteiger partial charge is 0.275 e. The van der Waals surface area contributed by atoms with Crippen LogP contribution < -0.4 is 10.1 Å². The molecule has 1 aromatic carbocycles. The fourth-order valence-corrected chi connectivity index (χ4v) is 6.02. The van der Waals surface area contributed by atoms with E-state index in [2.05, 4.69) is 24.1 Å². The van der Waals surface area contributed by atoms with Crippen molar-refractivity contribution in [1.82, 2.24) is 9.29 Å². The quantitative estimate of drug-likeness (QED) is 0.651. The molecule has 0 unspecified atom stereocenters. The molecule has 1 amide bonds. The summed E-state index contributed by atoms with van der Waals surface area (Å²) in [5.41, 5.74) is 0.738. The molecule has 2 heterocycles. The second-order valence-electron chi connectivity index (χ2n) is 7.74. The maximum absolute atomic E-state index is 13.2. The number of thiazole rings is 1. The van der Waals surface area contributed by atoms with Crippen molar-refractivity contribution in [3.63, 3.8) is 0 Å². The number of ether oxygens (including phenoxy) is 1. The minimum atomic E-state index is -3.70. The monoisotopic (exact) mass is 451 g/mol. The Balaban J connectivity index is 1.84. The van der Waals surface area contributed by atoms with Crippen molar-refractivity contribution < 1.29 is 17.9 Å². The van der Waals surface area contributed by atoms with Gasteiger partial charge in [-0.05, 0) is 43.9 Å². The number of carbonyl (C=O) groups is 1. The Morgan fingerprint density at radius 1 is 1.27 bits per heavy atom. The predicted octanol–water partition coefficient (Wildman–Crippen LogP) is 4.17. The van der Waals surface area contributed by atoms with E-state index in [9.17, 15) is 13.2 Å². The third-order valence-corrected chi connectivity index (χ3v) is 7.59. The average molecular weight is 452 g/mol. The third kappa shape index (κ3) is 5.39. The Labute approximate surface area is 182 Å². The standard InChI is InChI=1S/C21H29N3O4S2/c1-4-28-18-9-8-16(13-19(18)30(26,27)24-10-6-5-7-11-24)22-21(25)17-14-29-20(23-17)12-15(2)3/h8-9,13-15H,4-7,10-12H2,1-3H3,(H,22,25). The minimum absolute atomic E-state index is 0.0859. The molecule has 1 saturated heterocycles. The molecular formula is C21H29N3O4S2. The first-order valence-electron chi connectivity index (χ1n) is 10.3. The van der Waals surface area contributed by atoms with Crippen LogP contribution in [0.25, 0.3) is 0 Å². The molecule has 2 aromatic rings. The van der Waals surface area contributed by atoms with Gasteiger partial charge in [-0.15, -0.1) is 11.3 Å². The fourth-order valence-electron chi connectivity index (χ4n) is 3.36. The molecule has 0 radical (unpaired) electrons. The van der Waals surface area contributed by atoms with E-state index in [-0.39, 0.29) is 10.8 Å². The molecule has 0 spiro atoms. The van der Waals surface area contributed by atoms with Crippen LogP contribution in [0.4, 0.5) is 5.69 Å². The minimum Gasteiger partial charge on any atom is -0.492 e. The van der Waals surface area contributed by atoms with E-state index in [0.717, 1.165) is 30.7 Å². The zero-order chi connectivity index (χ0) is 21.7. The van der Waals surface area contributed by atoms with E-state index in [1.54, 1.807) is 17.5 Å². The van der Waals surface area contributed by atoms with Crippen LogP contribution in [0.1, 0.15) is 55.5 Å². The molecule has 1 aliphatic heterocycles. The second kappa shape index (κ2) is 9.89. The van der Waals surface area contributed by atoms with Gasteiger partial charge in [0.2, 0.25) is 10.0 Å². The van der Waals surface area contributed by atoms with E-state index in [4.69, 9.17) is 4.74 Å². The van der Waals surface area contributed by atoms with E-state index >= 15 is 0 Å². The zero-order valence-corrected chi connectivity index (χ0v) is 19.3. The summed E-state index contributed by atoms with van der Waals surface area (Å²) in [7, 11) is -3.70. The first-order chi connectivity index (χ1) is 14.3. The van der Waals surface area contributed by atoms with Crippen molar-refractivity contribution in [2.45, 2.75) is 51.3 Å². The van der Waals surface area contributed by atoms with Crippen LogP contribution >= 0.6 is 11.3 Å². The molecule has 164 valence electrons. The highest BCUT2D eigenvalue weighted by molar-refractivity contribution is 7.89. The van der Waals surface area contributed by atoms with E-state index in [0.29, 0.717) is 42.7 Å². The van der Waals surface area contributed by atoms with Crippen LogP contribution in [0.3, 0.4) is 0 Å². The maximum atomic E-state index is 13.2. The number of anilines is 1. The number of piperidine rings is 1. The van der Waals surface area contributed by atoms with E-state index in [1.165, 1.54) is 21.7 Å². The number of rotatable bonds is 8. The van der Waals surface area contributed by atoms with Gasteiger partial charge in [-0.25, -0.2) is 13.4 Å². The lowest BCUT2D eigenvalue weighted by molar-refractivity contribution is 0.102. The molecule has 30 heavy (non-hydrogen) atoms. The molecule has 1 aromatic heterocycles. The molecule has 0 saturated carbocycles. The lowest BCUT2D eigenvalue weighted by atomic mass is 10.1. The van der Waals surface area contributed by atoms with Gasteiger partial charge in [0.1, 0.15) is 16.3 Å². The van der Waals surface area contributed by atoms with Crippen LogP contribution in [0.5, 0.6) is 5.75 Å². The van der Waals surface area contributed by atoms with Crippen LogP contribution in [0.15, 0.2) is 28.5 Å². The Hall–Kier alpha value is -1.97. The van der Waals surface area contributed by atoms with Crippen LogP contribution in [0, 0.1) is 5.92 Å². The summed E-state index contributed by atoms with van der Waals surface area (Å²) in [6.45, 7) is 7.37. The average Bonchev–Trinajstić information content (AvgIpc) is 3.18. The van der Waals surface area contributed by atoms with Gasteiger partial charge in [0.15, 0.2) is 0 Å². The molecule has 0 bridgehead atoms. The Morgan fingerprint density at radius 3 is 2.67 bits per heavy atom. The van der Waals surface area contributed by atoms with Crippen LogP contribution in [-0.4, -0.2) is 43.3 Å². The largest absolute Gasteiger partial charge is 0.492 e. The SMILES string of the molecule is CCOc1ccc(NC(=O)c2csc(CC(C)C)n2)cc1S(=O)(=O)N1CCCCC1. The summed E-state index contributed by atoms with van der Waals surface area (Å²) in [6, 6.07) is 4.73.